The van der Waals surface area contributed by atoms with Crippen LogP contribution < -0.4 is 0 Å². The van der Waals surface area contributed by atoms with Gasteiger partial charge in [-0.15, -0.1) is 0 Å². The molecule has 0 radical (unpaired) electrons. The third-order valence-electron chi connectivity index (χ3n) is 3.94. The van der Waals surface area contributed by atoms with Gasteiger partial charge in [-0.2, -0.15) is 0 Å². The molecule has 0 aromatic heterocycles. The molecule has 0 aromatic rings. The Labute approximate surface area is 81.0 Å². The van der Waals surface area contributed by atoms with Crippen LogP contribution in [0.4, 0.5) is 0 Å². The molecule has 0 aliphatic heterocycles. The molecule has 2 heteroatoms. The van der Waals surface area contributed by atoms with Crippen molar-refractivity contribution in [2.45, 2.75) is 58.7 Å². The Morgan fingerprint density at radius 1 is 1.31 bits per heavy atom. The highest BCUT2D eigenvalue weighted by Gasteiger charge is 2.51. The second-order valence-corrected chi connectivity index (χ2v) is 5.21. The summed E-state index contributed by atoms with van der Waals surface area (Å²) in [5.74, 6) is 0.206. The summed E-state index contributed by atoms with van der Waals surface area (Å²) in [7, 11) is 0. The number of rotatable bonds is 1. The summed E-state index contributed by atoms with van der Waals surface area (Å²) in [5, 5.41) is 20.3. The maximum absolute atomic E-state index is 10.5. The van der Waals surface area contributed by atoms with Crippen LogP contribution >= 0.6 is 0 Å². The fourth-order valence-corrected chi connectivity index (χ4v) is 2.57. The van der Waals surface area contributed by atoms with E-state index >= 15 is 0 Å². The summed E-state index contributed by atoms with van der Waals surface area (Å²) in [6.45, 7) is 7.99. The Kier molecular flexibility index (Phi) is 2.75. The van der Waals surface area contributed by atoms with Gasteiger partial charge in [-0.1, -0.05) is 27.7 Å². The molecule has 1 aliphatic rings. The van der Waals surface area contributed by atoms with Gasteiger partial charge in [0, 0.05) is 5.41 Å². The Morgan fingerprint density at radius 2 is 1.85 bits per heavy atom. The lowest BCUT2D eigenvalue weighted by atomic mass is 9.59. The van der Waals surface area contributed by atoms with Crippen molar-refractivity contribution in [1.29, 1.82) is 0 Å². The van der Waals surface area contributed by atoms with Crippen molar-refractivity contribution in [2.24, 2.45) is 11.3 Å². The monoisotopic (exact) mass is 186 g/mol. The van der Waals surface area contributed by atoms with Crippen LogP contribution in [-0.2, 0) is 0 Å². The molecule has 1 aliphatic carbocycles. The highest BCUT2D eigenvalue weighted by atomic mass is 16.3. The van der Waals surface area contributed by atoms with E-state index in [1.165, 1.54) is 0 Å². The fourth-order valence-electron chi connectivity index (χ4n) is 2.57. The molecule has 2 N–H and O–H groups in total. The molecule has 0 amide bonds. The molecule has 2 nitrogen and oxygen atoms in total. The van der Waals surface area contributed by atoms with Gasteiger partial charge in [0.05, 0.1) is 11.7 Å². The maximum atomic E-state index is 10.5. The molecule has 78 valence electrons. The lowest BCUT2D eigenvalue weighted by Gasteiger charge is -2.51. The fraction of sp³-hybridized carbons (Fsp3) is 1.00. The molecular formula is C11H22O2. The first-order valence-electron chi connectivity index (χ1n) is 5.23. The van der Waals surface area contributed by atoms with Crippen LogP contribution in [0.1, 0.15) is 47.0 Å². The average Bonchev–Trinajstić information content (AvgIpc) is 2.00. The smallest absolute Gasteiger partial charge is 0.0745 e. The van der Waals surface area contributed by atoms with Gasteiger partial charge in [0.2, 0.25) is 0 Å². The highest BCUT2D eigenvalue weighted by molar-refractivity contribution is 5.02. The Balaban J connectivity index is 2.95. The molecule has 0 bridgehead atoms. The van der Waals surface area contributed by atoms with Gasteiger partial charge in [0.25, 0.3) is 0 Å². The molecule has 1 rings (SSSR count). The number of aliphatic hydroxyl groups is 2. The Hall–Kier alpha value is -0.0800. The molecule has 0 saturated heterocycles. The van der Waals surface area contributed by atoms with E-state index in [0.717, 1.165) is 19.3 Å². The van der Waals surface area contributed by atoms with Crippen LogP contribution in [0.2, 0.25) is 0 Å². The second kappa shape index (κ2) is 3.25. The molecule has 0 spiro atoms. The SMILES string of the molecule is CC(C)C1(O)CCCC(O)C1(C)C. The zero-order chi connectivity index (χ0) is 10.3. The zero-order valence-electron chi connectivity index (χ0n) is 9.17. The summed E-state index contributed by atoms with van der Waals surface area (Å²) in [6.07, 6.45) is 2.20. The predicted molar refractivity (Wildman–Crippen MR) is 53.4 cm³/mol. The topological polar surface area (TPSA) is 40.5 Å². The van der Waals surface area contributed by atoms with Crippen molar-refractivity contribution in [2.75, 3.05) is 0 Å². The number of hydrogen-bond acceptors (Lipinski definition) is 2. The van der Waals surface area contributed by atoms with Crippen molar-refractivity contribution < 1.29 is 10.2 Å². The first-order valence-corrected chi connectivity index (χ1v) is 5.23. The van der Waals surface area contributed by atoms with E-state index < -0.39 is 5.60 Å². The third-order valence-corrected chi connectivity index (χ3v) is 3.94. The predicted octanol–water partition coefficient (Wildman–Crippen LogP) is 1.94. The number of aliphatic hydroxyl groups excluding tert-OH is 1. The Morgan fingerprint density at radius 3 is 2.23 bits per heavy atom. The average molecular weight is 186 g/mol. The van der Waals surface area contributed by atoms with Gasteiger partial charge in [-0.25, -0.2) is 0 Å². The maximum Gasteiger partial charge on any atom is 0.0745 e. The van der Waals surface area contributed by atoms with Crippen LogP contribution in [0, 0.1) is 11.3 Å². The van der Waals surface area contributed by atoms with Crippen LogP contribution in [0.15, 0.2) is 0 Å². The molecule has 0 heterocycles. The number of hydrogen-bond donors (Lipinski definition) is 2. The normalized spacial score (nSPS) is 39.5. The molecule has 13 heavy (non-hydrogen) atoms. The summed E-state index contributed by atoms with van der Waals surface area (Å²) in [5.41, 5.74) is -1.08. The van der Waals surface area contributed by atoms with E-state index in [0.29, 0.717) is 0 Å². The molecule has 1 fully saturated rings. The Bertz CT molecular complexity index is 187. The largest absolute Gasteiger partial charge is 0.392 e. The molecule has 2 unspecified atom stereocenters. The molecule has 1 saturated carbocycles. The minimum atomic E-state index is -0.704. The molecule has 0 aromatic carbocycles. The summed E-state index contributed by atoms with van der Waals surface area (Å²) < 4.78 is 0. The third kappa shape index (κ3) is 1.50. The van der Waals surface area contributed by atoms with E-state index in [-0.39, 0.29) is 17.4 Å². The summed E-state index contributed by atoms with van der Waals surface area (Å²) in [4.78, 5) is 0. The van der Waals surface area contributed by atoms with Gasteiger partial charge >= 0.3 is 0 Å². The van der Waals surface area contributed by atoms with Crippen LogP contribution in [0.25, 0.3) is 0 Å². The van der Waals surface area contributed by atoms with Gasteiger partial charge in [0.1, 0.15) is 0 Å². The van der Waals surface area contributed by atoms with E-state index in [2.05, 4.69) is 0 Å². The lowest BCUT2D eigenvalue weighted by molar-refractivity contribution is -0.177. The van der Waals surface area contributed by atoms with Crippen molar-refractivity contribution >= 4 is 0 Å². The first-order chi connectivity index (χ1) is 5.82. The molecular weight excluding hydrogens is 164 g/mol. The van der Waals surface area contributed by atoms with Gasteiger partial charge in [-0.3, -0.25) is 0 Å². The van der Waals surface area contributed by atoms with Gasteiger partial charge in [-0.05, 0) is 25.2 Å². The van der Waals surface area contributed by atoms with E-state index in [4.69, 9.17) is 0 Å². The highest BCUT2D eigenvalue weighted by Crippen LogP contribution is 2.47. The van der Waals surface area contributed by atoms with Crippen LogP contribution in [-0.4, -0.2) is 21.9 Å². The molecule has 2 atom stereocenters. The quantitative estimate of drug-likeness (QED) is 0.657. The minimum absolute atomic E-state index is 0.206. The summed E-state index contributed by atoms with van der Waals surface area (Å²) in [6, 6.07) is 0. The summed E-state index contributed by atoms with van der Waals surface area (Å²) >= 11 is 0. The van der Waals surface area contributed by atoms with Crippen LogP contribution in [0.3, 0.4) is 0 Å². The van der Waals surface area contributed by atoms with Crippen molar-refractivity contribution in [3.63, 3.8) is 0 Å². The second-order valence-electron chi connectivity index (χ2n) is 5.21. The first kappa shape index (κ1) is 11.0. The van der Waals surface area contributed by atoms with Crippen molar-refractivity contribution in [3.05, 3.63) is 0 Å². The van der Waals surface area contributed by atoms with E-state index in [9.17, 15) is 10.2 Å². The van der Waals surface area contributed by atoms with E-state index in [1.54, 1.807) is 0 Å². The lowest BCUT2D eigenvalue weighted by Crippen LogP contribution is -2.57. The van der Waals surface area contributed by atoms with Gasteiger partial charge in [0.15, 0.2) is 0 Å². The minimum Gasteiger partial charge on any atom is -0.392 e. The van der Waals surface area contributed by atoms with Gasteiger partial charge < -0.3 is 10.2 Å². The van der Waals surface area contributed by atoms with Crippen molar-refractivity contribution in [3.8, 4) is 0 Å². The van der Waals surface area contributed by atoms with Crippen LogP contribution in [0.5, 0.6) is 0 Å². The van der Waals surface area contributed by atoms with E-state index in [1.807, 2.05) is 27.7 Å². The van der Waals surface area contributed by atoms with Crippen molar-refractivity contribution in [1.82, 2.24) is 0 Å². The standard InChI is InChI=1S/C11H22O2/c1-8(2)11(13)7-5-6-9(12)10(11,3)4/h8-9,12-13H,5-7H2,1-4H3. The zero-order valence-corrected chi connectivity index (χ0v) is 9.17.